The molecule has 0 unspecified atom stereocenters. The molecule has 3 heteroatoms. The van der Waals surface area contributed by atoms with Crippen molar-refractivity contribution >= 4 is 21.7 Å². The maximum atomic E-state index is 13.5. The van der Waals surface area contributed by atoms with E-state index in [4.69, 9.17) is 0 Å². The Hall–Kier alpha value is -1.48. The Morgan fingerprint density at radius 1 is 1.10 bits per heavy atom. The third-order valence-electron chi connectivity index (χ3n) is 3.42. The van der Waals surface area contributed by atoms with Gasteiger partial charge in [0.1, 0.15) is 5.82 Å². The minimum absolute atomic E-state index is 0.0635. The summed E-state index contributed by atoms with van der Waals surface area (Å²) in [5, 5.41) is 0. The first-order chi connectivity index (χ1) is 9.38. The van der Waals surface area contributed by atoms with Crippen LogP contribution in [0.1, 0.15) is 32.6 Å². The van der Waals surface area contributed by atoms with Crippen molar-refractivity contribution in [2.75, 3.05) is 0 Å². The van der Waals surface area contributed by atoms with Crippen LogP contribution in [0.2, 0.25) is 0 Å². The third kappa shape index (κ3) is 3.15. The van der Waals surface area contributed by atoms with Crippen molar-refractivity contribution in [1.29, 1.82) is 0 Å². The van der Waals surface area contributed by atoms with Crippen LogP contribution >= 0.6 is 15.9 Å². The van der Waals surface area contributed by atoms with Gasteiger partial charge in [-0.3, -0.25) is 4.79 Å². The van der Waals surface area contributed by atoms with Crippen LogP contribution in [0.25, 0.3) is 0 Å². The Kier molecular flexibility index (Phi) is 4.39. The van der Waals surface area contributed by atoms with Crippen LogP contribution in [0.3, 0.4) is 0 Å². The lowest BCUT2D eigenvalue weighted by Crippen LogP contribution is -2.07. The zero-order valence-electron chi connectivity index (χ0n) is 11.8. The maximum Gasteiger partial charge on any atom is 0.167 e. The number of Topliss-reactive ketones (excluding diaryl/α,β-unsaturated/α-hetero) is 1. The number of carbonyl (C=O) groups is 1. The van der Waals surface area contributed by atoms with E-state index < -0.39 is 5.82 Å². The molecule has 0 saturated carbocycles. The fourth-order valence-electron chi connectivity index (χ4n) is 2.42. The van der Waals surface area contributed by atoms with Gasteiger partial charge in [-0.2, -0.15) is 0 Å². The van der Waals surface area contributed by atoms with Crippen molar-refractivity contribution in [3.05, 3.63) is 68.4 Å². The minimum atomic E-state index is -0.409. The molecule has 0 fully saturated rings. The Morgan fingerprint density at radius 2 is 1.70 bits per heavy atom. The smallest absolute Gasteiger partial charge is 0.167 e. The van der Waals surface area contributed by atoms with E-state index >= 15 is 0 Å². The van der Waals surface area contributed by atoms with Gasteiger partial charge >= 0.3 is 0 Å². The highest BCUT2D eigenvalue weighted by atomic mass is 79.9. The molecule has 0 aliphatic carbocycles. The Balaban J connectivity index is 2.30. The van der Waals surface area contributed by atoms with E-state index in [2.05, 4.69) is 28.1 Å². The SMILES string of the molecule is Cc1cc(C)c(CC(=O)c2ccc(Br)c(F)c2)c(C)c1. The Labute approximate surface area is 127 Å². The molecule has 0 atom stereocenters. The number of hydrogen-bond donors (Lipinski definition) is 0. The van der Waals surface area contributed by atoms with Crippen LogP contribution in [0.15, 0.2) is 34.8 Å². The van der Waals surface area contributed by atoms with Gasteiger partial charge in [0.2, 0.25) is 0 Å². The number of benzene rings is 2. The quantitative estimate of drug-likeness (QED) is 0.726. The average Bonchev–Trinajstić information content (AvgIpc) is 2.36. The summed E-state index contributed by atoms with van der Waals surface area (Å²) in [5.74, 6) is -0.473. The van der Waals surface area contributed by atoms with E-state index in [1.807, 2.05) is 20.8 Å². The Morgan fingerprint density at radius 3 is 2.25 bits per heavy atom. The normalized spacial score (nSPS) is 10.7. The maximum absolute atomic E-state index is 13.5. The largest absolute Gasteiger partial charge is 0.294 e. The molecule has 0 bridgehead atoms. The monoisotopic (exact) mass is 334 g/mol. The van der Waals surface area contributed by atoms with E-state index in [0.29, 0.717) is 16.5 Å². The topological polar surface area (TPSA) is 17.1 Å². The number of aryl methyl sites for hydroxylation is 3. The lowest BCUT2D eigenvalue weighted by Gasteiger charge is -2.11. The van der Waals surface area contributed by atoms with Gasteiger partial charge in [0.05, 0.1) is 4.47 Å². The van der Waals surface area contributed by atoms with Gasteiger partial charge in [-0.25, -0.2) is 4.39 Å². The molecule has 0 amide bonds. The molecule has 104 valence electrons. The third-order valence-corrected chi connectivity index (χ3v) is 4.06. The molecule has 2 aromatic rings. The zero-order valence-corrected chi connectivity index (χ0v) is 13.3. The summed E-state index contributed by atoms with van der Waals surface area (Å²) in [5.41, 5.74) is 4.83. The second-order valence-corrected chi connectivity index (χ2v) is 5.96. The predicted molar refractivity (Wildman–Crippen MR) is 82.8 cm³/mol. The van der Waals surface area contributed by atoms with E-state index in [9.17, 15) is 9.18 Å². The predicted octanol–water partition coefficient (Wildman–Crippen LogP) is 4.94. The molecular weight excluding hydrogens is 319 g/mol. The second kappa shape index (κ2) is 5.88. The molecule has 1 nitrogen and oxygen atoms in total. The molecule has 0 aromatic heterocycles. The van der Waals surface area contributed by atoms with Crippen molar-refractivity contribution in [2.24, 2.45) is 0 Å². The lowest BCUT2D eigenvalue weighted by atomic mass is 9.94. The number of rotatable bonds is 3. The average molecular weight is 335 g/mol. The van der Waals surface area contributed by atoms with Gasteiger partial charge in [-0.15, -0.1) is 0 Å². The van der Waals surface area contributed by atoms with Gasteiger partial charge in [0.15, 0.2) is 5.78 Å². The van der Waals surface area contributed by atoms with Gasteiger partial charge in [0, 0.05) is 12.0 Å². The first-order valence-corrected chi connectivity index (χ1v) is 7.22. The summed E-state index contributed by atoms with van der Waals surface area (Å²) in [6.07, 6.45) is 0.305. The molecule has 0 radical (unpaired) electrons. The van der Waals surface area contributed by atoms with Crippen LogP contribution in [0.5, 0.6) is 0 Å². The fourth-order valence-corrected chi connectivity index (χ4v) is 2.67. The molecule has 0 aliphatic rings. The number of carbonyl (C=O) groups excluding carboxylic acids is 1. The summed E-state index contributed by atoms with van der Waals surface area (Å²) >= 11 is 3.09. The number of halogens is 2. The molecule has 20 heavy (non-hydrogen) atoms. The lowest BCUT2D eigenvalue weighted by molar-refractivity contribution is 0.0992. The molecule has 0 N–H and O–H groups in total. The van der Waals surface area contributed by atoms with E-state index in [0.717, 1.165) is 16.7 Å². The molecule has 0 saturated heterocycles. The van der Waals surface area contributed by atoms with Crippen LogP contribution in [0.4, 0.5) is 4.39 Å². The number of hydrogen-bond acceptors (Lipinski definition) is 1. The highest BCUT2D eigenvalue weighted by Crippen LogP contribution is 2.21. The van der Waals surface area contributed by atoms with E-state index in [-0.39, 0.29) is 5.78 Å². The first kappa shape index (κ1) is 14.9. The highest BCUT2D eigenvalue weighted by Gasteiger charge is 2.13. The van der Waals surface area contributed by atoms with Crippen molar-refractivity contribution in [2.45, 2.75) is 27.2 Å². The summed E-state index contributed by atoms with van der Waals surface area (Å²) in [6.45, 7) is 6.05. The van der Waals surface area contributed by atoms with Crippen molar-refractivity contribution in [1.82, 2.24) is 0 Å². The standard InChI is InChI=1S/C17H16BrFO/c1-10-6-11(2)14(12(3)7-10)9-17(20)13-4-5-15(18)16(19)8-13/h4-8H,9H2,1-3H3. The van der Waals surface area contributed by atoms with Crippen molar-refractivity contribution in [3.63, 3.8) is 0 Å². The second-order valence-electron chi connectivity index (χ2n) is 5.11. The van der Waals surface area contributed by atoms with Crippen molar-refractivity contribution < 1.29 is 9.18 Å². The van der Waals surface area contributed by atoms with Crippen molar-refractivity contribution in [3.8, 4) is 0 Å². The van der Waals surface area contributed by atoms with Gasteiger partial charge < -0.3 is 0 Å². The van der Waals surface area contributed by atoms with Crippen LogP contribution in [0, 0.1) is 26.6 Å². The first-order valence-electron chi connectivity index (χ1n) is 6.43. The van der Waals surface area contributed by atoms with E-state index in [1.54, 1.807) is 12.1 Å². The fraction of sp³-hybridized carbons (Fsp3) is 0.235. The highest BCUT2D eigenvalue weighted by molar-refractivity contribution is 9.10. The molecule has 2 aromatic carbocycles. The summed E-state index contributed by atoms with van der Waals surface area (Å²) in [4.78, 5) is 12.3. The summed E-state index contributed by atoms with van der Waals surface area (Å²) < 4.78 is 13.9. The van der Waals surface area contributed by atoms with E-state index in [1.165, 1.54) is 11.6 Å². The minimum Gasteiger partial charge on any atom is -0.294 e. The molecular formula is C17H16BrFO. The molecule has 2 rings (SSSR count). The van der Waals surface area contributed by atoms with Gasteiger partial charge in [-0.1, -0.05) is 23.8 Å². The molecule has 0 aliphatic heterocycles. The molecule has 0 spiro atoms. The zero-order chi connectivity index (χ0) is 14.9. The van der Waals surface area contributed by atoms with Crippen LogP contribution in [-0.4, -0.2) is 5.78 Å². The summed E-state index contributed by atoms with van der Waals surface area (Å²) in [7, 11) is 0. The molecule has 0 heterocycles. The summed E-state index contributed by atoms with van der Waals surface area (Å²) in [6, 6.07) is 8.63. The Bertz CT molecular complexity index is 654. The van der Waals surface area contributed by atoms with Crippen LogP contribution < -0.4 is 0 Å². The van der Waals surface area contributed by atoms with Crippen LogP contribution in [-0.2, 0) is 6.42 Å². The van der Waals surface area contributed by atoms with Gasteiger partial charge in [-0.05, 0) is 65.5 Å². The number of ketones is 1. The van der Waals surface area contributed by atoms with Gasteiger partial charge in [0.25, 0.3) is 0 Å².